The molecule has 0 aromatic heterocycles. The largest absolute Gasteiger partial charge is 0.396 e. The fraction of sp³-hybridized carbons (Fsp3) is 1.00. The molecule has 0 saturated heterocycles. The van der Waals surface area contributed by atoms with Crippen molar-refractivity contribution in [1.82, 2.24) is 0 Å². The van der Waals surface area contributed by atoms with Crippen LogP contribution in [0.3, 0.4) is 0 Å². The van der Waals surface area contributed by atoms with Crippen molar-refractivity contribution in [1.29, 1.82) is 0 Å². The molecule has 0 aromatic rings. The highest BCUT2D eigenvalue weighted by Crippen LogP contribution is 2.68. The molecule has 0 amide bonds. The molecule has 11 atom stereocenters. The van der Waals surface area contributed by atoms with Crippen molar-refractivity contribution < 1.29 is 20.4 Å². The van der Waals surface area contributed by atoms with Gasteiger partial charge in [0.25, 0.3) is 0 Å². The molecule has 0 aromatic carbocycles. The standard InChI is InChI=1S/C24H42O4/c1-14(5-4-10-25)22-20(28)13-18-21-17(7-9-24(18,22)3)23(2)8-6-16(26)11-15(23)12-19(21)27/h14-22,25-28H,4-13H2,1-3H3/t14?,15?,16?,17-,18-,19?,20?,21+,22-,23-,24-/m0/s1. The first kappa shape index (κ1) is 21.1. The summed E-state index contributed by atoms with van der Waals surface area (Å²) in [5.41, 5.74) is 0.323. The first-order chi connectivity index (χ1) is 13.2. The summed E-state index contributed by atoms with van der Waals surface area (Å²) in [6, 6.07) is 0. The maximum atomic E-state index is 11.3. The van der Waals surface area contributed by atoms with Crippen LogP contribution in [0.5, 0.6) is 0 Å². The minimum atomic E-state index is -0.295. The van der Waals surface area contributed by atoms with Gasteiger partial charge in [-0.1, -0.05) is 20.8 Å². The van der Waals surface area contributed by atoms with E-state index in [4.69, 9.17) is 0 Å². The molecular weight excluding hydrogens is 352 g/mol. The minimum Gasteiger partial charge on any atom is -0.396 e. The normalized spacial score (nSPS) is 54.5. The summed E-state index contributed by atoms with van der Waals surface area (Å²) >= 11 is 0. The molecule has 4 aliphatic rings. The predicted octanol–water partition coefficient (Wildman–Crippen LogP) is 3.36. The van der Waals surface area contributed by atoms with Crippen LogP contribution in [0.15, 0.2) is 0 Å². The van der Waals surface area contributed by atoms with E-state index in [1.54, 1.807) is 0 Å². The fourth-order valence-electron chi connectivity index (χ4n) is 8.88. The summed E-state index contributed by atoms with van der Waals surface area (Å²) in [6.45, 7) is 7.29. The molecule has 5 unspecified atom stereocenters. The molecule has 4 rings (SSSR count). The van der Waals surface area contributed by atoms with Crippen molar-refractivity contribution in [2.45, 2.75) is 96.9 Å². The summed E-state index contributed by atoms with van der Waals surface area (Å²) in [5.74, 6) is 2.31. The van der Waals surface area contributed by atoms with Crippen LogP contribution in [0.2, 0.25) is 0 Å². The fourth-order valence-corrected chi connectivity index (χ4v) is 8.88. The van der Waals surface area contributed by atoms with Crippen molar-refractivity contribution >= 4 is 0 Å². The molecule has 162 valence electrons. The molecule has 4 saturated carbocycles. The van der Waals surface area contributed by atoms with Gasteiger partial charge in [0.2, 0.25) is 0 Å². The van der Waals surface area contributed by atoms with Gasteiger partial charge in [0.1, 0.15) is 0 Å². The topological polar surface area (TPSA) is 80.9 Å². The Balaban J connectivity index is 1.61. The molecule has 0 radical (unpaired) electrons. The van der Waals surface area contributed by atoms with Gasteiger partial charge in [-0.05, 0) is 104 Å². The van der Waals surface area contributed by atoms with Crippen LogP contribution >= 0.6 is 0 Å². The SMILES string of the molecule is CC(CCCO)[C@H]1C(O)C[C@H]2[C@@H]3C(O)CC4CC(O)CC[C@]4(C)[C@H]3CC[C@]12C. The zero-order valence-electron chi connectivity index (χ0n) is 18.1. The number of rotatable bonds is 4. The number of hydrogen-bond donors (Lipinski definition) is 4. The molecule has 0 heterocycles. The molecule has 4 heteroatoms. The number of fused-ring (bicyclic) bond motifs is 5. The quantitative estimate of drug-likeness (QED) is 0.589. The van der Waals surface area contributed by atoms with Gasteiger partial charge in [-0.3, -0.25) is 0 Å². The summed E-state index contributed by atoms with van der Waals surface area (Å²) in [5, 5.41) is 41.8. The van der Waals surface area contributed by atoms with E-state index in [1.807, 2.05) is 0 Å². The lowest BCUT2D eigenvalue weighted by atomic mass is 9.43. The van der Waals surface area contributed by atoms with Gasteiger partial charge in [0, 0.05) is 6.61 Å². The second-order valence-electron chi connectivity index (χ2n) is 11.4. The highest BCUT2D eigenvalue weighted by Gasteiger charge is 2.64. The van der Waals surface area contributed by atoms with Crippen molar-refractivity contribution in [2.75, 3.05) is 6.61 Å². The predicted molar refractivity (Wildman–Crippen MR) is 109 cm³/mol. The molecular formula is C24H42O4. The van der Waals surface area contributed by atoms with Gasteiger partial charge >= 0.3 is 0 Å². The molecule has 4 aliphatic carbocycles. The Kier molecular flexibility index (Phi) is 5.66. The maximum absolute atomic E-state index is 11.3. The van der Waals surface area contributed by atoms with E-state index in [9.17, 15) is 20.4 Å². The second-order valence-corrected chi connectivity index (χ2v) is 11.4. The molecule has 4 N–H and O–H groups in total. The molecule has 28 heavy (non-hydrogen) atoms. The van der Waals surface area contributed by atoms with Crippen LogP contribution in [0.4, 0.5) is 0 Å². The Morgan fingerprint density at radius 3 is 2.32 bits per heavy atom. The molecule has 4 fully saturated rings. The minimum absolute atomic E-state index is 0.0911. The zero-order chi connectivity index (χ0) is 20.3. The van der Waals surface area contributed by atoms with Gasteiger partial charge in [-0.2, -0.15) is 0 Å². The average molecular weight is 395 g/mol. The summed E-state index contributed by atoms with van der Waals surface area (Å²) in [6.07, 6.45) is 7.76. The van der Waals surface area contributed by atoms with Gasteiger partial charge in [-0.25, -0.2) is 0 Å². The van der Waals surface area contributed by atoms with Crippen molar-refractivity contribution in [3.63, 3.8) is 0 Å². The van der Waals surface area contributed by atoms with Crippen LogP contribution in [-0.2, 0) is 0 Å². The van der Waals surface area contributed by atoms with E-state index < -0.39 is 0 Å². The third-order valence-electron chi connectivity index (χ3n) is 10.2. The highest BCUT2D eigenvalue weighted by molar-refractivity contribution is 5.13. The Hall–Kier alpha value is -0.160. The van der Waals surface area contributed by atoms with E-state index in [0.29, 0.717) is 29.6 Å². The molecule has 4 nitrogen and oxygen atoms in total. The van der Waals surface area contributed by atoms with Crippen LogP contribution in [0.25, 0.3) is 0 Å². The summed E-state index contributed by atoms with van der Waals surface area (Å²) in [4.78, 5) is 0. The average Bonchev–Trinajstić information content (AvgIpc) is 2.91. The number of aliphatic hydroxyl groups excluding tert-OH is 4. The van der Waals surface area contributed by atoms with Gasteiger partial charge in [-0.15, -0.1) is 0 Å². The van der Waals surface area contributed by atoms with Gasteiger partial charge < -0.3 is 20.4 Å². The smallest absolute Gasteiger partial charge is 0.0579 e. The Morgan fingerprint density at radius 1 is 0.893 bits per heavy atom. The molecule has 0 spiro atoms. The molecule has 0 aliphatic heterocycles. The Morgan fingerprint density at radius 2 is 1.61 bits per heavy atom. The highest BCUT2D eigenvalue weighted by atomic mass is 16.3. The van der Waals surface area contributed by atoms with Crippen molar-refractivity contribution in [2.24, 2.45) is 46.3 Å². The Labute approximate surface area is 170 Å². The van der Waals surface area contributed by atoms with E-state index in [-0.39, 0.29) is 41.7 Å². The van der Waals surface area contributed by atoms with Crippen LogP contribution < -0.4 is 0 Å². The van der Waals surface area contributed by atoms with E-state index in [1.165, 1.54) is 0 Å². The van der Waals surface area contributed by atoms with Crippen LogP contribution in [-0.4, -0.2) is 45.3 Å². The van der Waals surface area contributed by atoms with E-state index in [2.05, 4.69) is 20.8 Å². The zero-order valence-corrected chi connectivity index (χ0v) is 18.1. The molecule has 0 bridgehead atoms. The lowest BCUT2D eigenvalue weighted by molar-refractivity contribution is -0.174. The van der Waals surface area contributed by atoms with E-state index >= 15 is 0 Å². The maximum Gasteiger partial charge on any atom is 0.0579 e. The van der Waals surface area contributed by atoms with Crippen LogP contribution in [0, 0.1) is 46.3 Å². The third kappa shape index (κ3) is 3.09. The van der Waals surface area contributed by atoms with Gasteiger partial charge in [0.05, 0.1) is 18.3 Å². The van der Waals surface area contributed by atoms with Crippen molar-refractivity contribution in [3.05, 3.63) is 0 Å². The lowest BCUT2D eigenvalue weighted by Crippen LogP contribution is -2.58. The Bertz CT molecular complexity index is 567. The lowest BCUT2D eigenvalue weighted by Gasteiger charge is -2.62. The first-order valence-electron chi connectivity index (χ1n) is 11.9. The van der Waals surface area contributed by atoms with Crippen molar-refractivity contribution in [3.8, 4) is 0 Å². The van der Waals surface area contributed by atoms with Crippen LogP contribution in [0.1, 0.15) is 78.6 Å². The number of hydrogen-bond acceptors (Lipinski definition) is 4. The first-order valence-corrected chi connectivity index (χ1v) is 11.9. The summed E-state index contributed by atoms with van der Waals surface area (Å²) in [7, 11) is 0. The monoisotopic (exact) mass is 394 g/mol. The van der Waals surface area contributed by atoms with E-state index in [0.717, 1.165) is 57.8 Å². The van der Waals surface area contributed by atoms with Gasteiger partial charge in [0.15, 0.2) is 0 Å². The third-order valence-corrected chi connectivity index (χ3v) is 10.2. The number of aliphatic hydroxyl groups is 4. The second kappa shape index (κ2) is 7.51. The summed E-state index contributed by atoms with van der Waals surface area (Å²) < 4.78 is 0.